The summed E-state index contributed by atoms with van der Waals surface area (Å²) in [5.74, 6) is 0.548. The minimum Gasteiger partial charge on any atom is -0.306 e. The van der Waals surface area contributed by atoms with Gasteiger partial charge in [-0.05, 0) is 20.8 Å². The molecule has 0 aromatic carbocycles. The van der Waals surface area contributed by atoms with E-state index in [9.17, 15) is 4.79 Å². The highest BCUT2D eigenvalue weighted by molar-refractivity contribution is 5.51. The van der Waals surface area contributed by atoms with Crippen molar-refractivity contribution in [3.05, 3.63) is 34.5 Å². The second-order valence-corrected chi connectivity index (χ2v) is 5.59. The average molecular weight is 261 g/mol. The fourth-order valence-corrected chi connectivity index (χ4v) is 1.63. The van der Waals surface area contributed by atoms with Crippen LogP contribution in [-0.4, -0.2) is 25.3 Å². The summed E-state index contributed by atoms with van der Waals surface area (Å²) in [5, 5.41) is 7.39. The van der Waals surface area contributed by atoms with Gasteiger partial charge in [0.15, 0.2) is 0 Å². The summed E-state index contributed by atoms with van der Waals surface area (Å²) < 4.78 is 1.68. The summed E-state index contributed by atoms with van der Waals surface area (Å²) in [6.45, 7) is 6.77. The Morgan fingerprint density at radius 3 is 2.74 bits per heavy atom. The molecule has 19 heavy (non-hydrogen) atoms. The molecule has 0 bridgehead atoms. The molecule has 0 atom stereocenters. The van der Waals surface area contributed by atoms with Crippen molar-refractivity contribution in [2.45, 2.75) is 32.9 Å². The van der Waals surface area contributed by atoms with E-state index in [4.69, 9.17) is 0 Å². The second kappa shape index (κ2) is 4.97. The number of H-pyrrole nitrogens is 1. The van der Waals surface area contributed by atoms with Crippen molar-refractivity contribution in [2.75, 3.05) is 0 Å². The molecule has 0 aliphatic carbocycles. The van der Waals surface area contributed by atoms with E-state index in [2.05, 4.69) is 41.2 Å². The number of nitrogens with zero attached hydrogens (tertiary/aromatic N) is 3. The van der Waals surface area contributed by atoms with Crippen LogP contribution < -0.4 is 10.9 Å². The van der Waals surface area contributed by atoms with Gasteiger partial charge in [-0.1, -0.05) is 0 Å². The number of aromatic amines is 1. The van der Waals surface area contributed by atoms with Gasteiger partial charge in [-0.25, -0.2) is 4.98 Å². The number of hydrogen-bond acceptors (Lipinski definition) is 4. The lowest BCUT2D eigenvalue weighted by Crippen LogP contribution is -2.35. The Bertz CT molecular complexity index is 620. The maximum atomic E-state index is 11.7. The summed E-state index contributed by atoms with van der Waals surface area (Å²) >= 11 is 0. The molecule has 2 rings (SSSR count). The monoisotopic (exact) mass is 261 g/mol. The minimum absolute atomic E-state index is 0.0151. The Kier molecular flexibility index (Phi) is 3.53. The lowest BCUT2D eigenvalue weighted by Gasteiger charge is -2.20. The van der Waals surface area contributed by atoms with Crippen molar-refractivity contribution in [1.82, 2.24) is 25.1 Å². The van der Waals surface area contributed by atoms with Crippen LogP contribution in [0.3, 0.4) is 0 Å². The first-order valence-corrected chi connectivity index (χ1v) is 6.18. The van der Waals surface area contributed by atoms with Crippen molar-refractivity contribution in [1.29, 1.82) is 0 Å². The SMILES string of the molecule is Cn1cc(-c2nc(CNC(C)(C)C)cc(=O)[nH]2)cn1. The maximum absolute atomic E-state index is 11.7. The van der Waals surface area contributed by atoms with Gasteiger partial charge in [-0.15, -0.1) is 0 Å². The van der Waals surface area contributed by atoms with Gasteiger partial charge in [0.25, 0.3) is 5.56 Å². The van der Waals surface area contributed by atoms with E-state index in [1.54, 1.807) is 10.9 Å². The van der Waals surface area contributed by atoms with Crippen LogP contribution in [0.4, 0.5) is 0 Å². The van der Waals surface area contributed by atoms with Crippen LogP contribution >= 0.6 is 0 Å². The van der Waals surface area contributed by atoms with Gasteiger partial charge in [0.2, 0.25) is 0 Å². The third-order valence-corrected chi connectivity index (χ3v) is 2.57. The zero-order valence-corrected chi connectivity index (χ0v) is 11.7. The van der Waals surface area contributed by atoms with Gasteiger partial charge in [-0.2, -0.15) is 5.10 Å². The molecule has 2 aromatic rings. The van der Waals surface area contributed by atoms with Gasteiger partial charge in [0, 0.05) is 31.4 Å². The van der Waals surface area contributed by atoms with E-state index < -0.39 is 0 Å². The molecule has 0 saturated heterocycles. The Morgan fingerprint density at radius 2 is 2.16 bits per heavy atom. The first-order valence-electron chi connectivity index (χ1n) is 6.18. The molecule has 6 heteroatoms. The molecule has 2 heterocycles. The Hall–Kier alpha value is -1.95. The molecule has 2 aromatic heterocycles. The van der Waals surface area contributed by atoms with Crippen molar-refractivity contribution < 1.29 is 0 Å². The van der Waals surface area contributed by atoms with Crippen LogP contribution in [0.2, 0.25) is 0 Å². The first-order chi connectivity index (χ1) is 8.83. The van der Waals surface area contributed by atoms with E-state index in [0.29, 0.717) is 12.4 Å². The highest BCUT2D eigenvalue weighted by Gasteiger charge is 2.11. The highest BCUT2D eigenvalue weighted by atomic mass is 16.1. The number of nitrogens with one attached hydrogen (secondary N) is 2. The number of hydrogen-bond donors (Lipinski definition) is 2. The van der Waals surface area contributed by atoms with E-state index in [-0.39, 0.29) is 11.1 Å². The maximum Gasteiger partial charge on any atom is 0.251 e. The van der Waals surface area contributed by atoms with Crippen LogP contribution in [0, 0.1) is 0 Å². The van der Waals surface area contributed by atoms with Crippen molar-refractivity contribution >= 4 is 0 Å². The van der Waals surface area contributed by atoms with Crippen molar-refractivity contribution in [2.24, 2.45) is 7.05 Å². The van der Waals surface area contributed by atoms with E-state index in [1.807, 2.05) is 13.2 Å². The molecular weight excluding hydrogens is 242 g/mol. The largest absolute Gasteiger partial charge is 0.306 e. The molecular formula is C13H19N5O. The standard InChI is InChI=1S/C13H19N5O/c1-13(2,3)14-7-10-5-11(19)17-12(16-10)9-6-15-18(4)8-9/h5-6,8,14H,7H2,1-4H3,(H,16,17,19). The van der Waals surface area contributed by atoms with Crippen LogP contribution in [0.1, 0.15) is 26.5 Å². The predicted molar refractivity (Wildman–Crippen MR) is 73.7 cm³/mol. The molecule has 0 unspecified atom stereocenters. The zero-order chi connectivity index (χ0) is 14.0. The molecule has 0 amide bonds. The summed E-state index contributed by atoms with van der Waals surface area (Å²) in [6, 6.07) is 1.51. The Morgan fingerprint density at radius 1 is 1.42 bits per heavy atom. The quantitative estimate of drug-likeness (QED) is 0.866. The van der Waals surface area contributed by atoms with Gasteiger partial charge in [0.05, 0.1) is 17.5 Å². The summed E-state index contributed by atoms with van der Waals surface area (Å²) in [4.78, 5) is 18.8. The molecule has 0 aliphatic heterocycles. The Balaban J connectivity index is 2.27. The third-order valence-electron chi connectivity index (χ3n) is 2.57. The van der Waals surface area contributed by atoms with Gasteiger partial charge in [-0.3, -0.25) is 9.48 Å². The topological polar surface area (TPSA) is 75.6 Å². The smallest absolute Gasteiger partial charge is 0.251 e. The summed E-state index contributed by atoms with van der Waals surface area (Å²) in [6.07, 6.45) is 3.50. The molecule has 0 saturated carbocycles. The van der Waals surface area contributed by atoms with Gasteiger partial charge >= 0.3 is 0 Å². The Labute approximate surface area is 111 Å². The van der Waals surface area contributed by atoms with Crippen LogP contribution in [0.5, 0.6) is 0 Å². The normalized spacial score (nSPS) is 11.8. The van der Waals surface area contributed by atoms with Crippen LogP contribution in [0.25, 0.3) is 11.4 Å². The second-order valence-electron chi connectivity index (χ2n) is 5.59. The fraction of sp³-hybridized carbons (Fsp3) is 0.462. The molecule has 0 aliphatic rings. The fourth-order valence-electron chi connectivity index (χ4n) is 1.63. The highest BCUT2D eigenvalue weighted by Crippen LogP contribution is 2.12. The molecule has 0 fully saturated rings. The lowest BCUT2D eigenvalue weighted by atomic mass is 10.1. The molecule has 2 N–H and O–H groups in total. The van der Waals surface area contributed by atoms with E-state index in [1.165, 1.54) is 6.07 Å². The minimum atomic E-state index is -0.153. The van der Waals surface area contributed by atoms with Crippen LogP contribution in [0.15, 0.2) is 23.3 Å². The molecule has 0 spiro atoms. The lowest BCUT2D eigenvalue weighted by molar-refractivity contribution is 0.421. The number of rotatable bonds is 3. The van der Waals surface area contributed by atoms with Gasteiger partial charge < -0.3 is 10.3 Å². The number of aryl methyl sites for hydroxylation is 1. The van der Waals surface area contributed by atoms with Gasteiger partial charge in [0.1, 0.15) is 5.82 Å². The zero-order valence-electron chi connectivity index (χ0n) is 11.7. The third kappa shape index (κ3) is 3.75. The van der Waals surface area contributed by atoms with E-state index >= 15 is 0 Å². The molecule has 102 valence electrons. The van der Waals surface area contributed by atoms with Crippen LogP contribution in [-0.2, 0) is 13.6 Å². The summed E-state index contributed by atoms with van der Waals surface area (Å²) in [5.41, 5.74) is 1.35. The average Bonchev–Trinajstić information content (AvgIpc) is 2.72. The van der Waals surface area contributed by atoms with Crippen molar-refractivity contribution in [3.63, 3.8) is 0 Å². The predicted octanol–water partition coefficient (Wildman–Crippen LogP) is 1.06. The summed E-state index contributed by atoms with van der Waals surface area (Å²) in [7, 11) is 1.83. The molecule has 0 radical (unpaired) electrons. The number of aromatic nitrogens is 4. The van der Waals surface area contributed by atoms with E-state index in [0.717, 1.165) is 11.3 Å². The molecule has 6 nitrogen and oxygen atoms in total. The first kappa shape index (κ1) is 13.5. The van der Waals surface area contributed by atoms with Crippen molar-refractivity contribution in [3.8, 4) is 11.4 Å².